The Bertz CT molecular complexity index is 1280. The van der Waals surface area contributed by atoms with E-state index in [4.69, 9.17) is 9.57 Å². The molecule has 1 amide bonds. The molecule has 2 fully saturated rings. The highest BCUT2D eigenvalue weighted by molar-refractivity contribution is 7.99. The molecule has 3 aliphatic rings. The van der Waals surface area contributed by atoms with Gasteiger partial charge in [-0.2, -0.15) is 11.8 Å². The molecule has 192 valence electrons. The van der Waals surface area contributed by atoms with Crippen LogP contribution >= 0.6 is 11.8 Å². The van der Waals surface area contributed by atoms with Crippen LogP contribution in [0, 0.1) is 5.82 Å². The molecule has 3 aromatic rings. The maximum absolute atomic E-state index is 15.1. The molecule has 37 heavy (non-hydrogen) atoms. The Morgan fingerprint density at radius 1 is 1.16 bits per heavy atom. The minimum atomic E-state index is -0.514. The van der Waals surface area contributed by atoms with Crippen molar-refractivity contribution in [2.75, 3.05) is 42.6 Å². The first-order valence-corrected chi connectivity index (χ1v) is 13.3. The van der Waals surface area contributed by atoms with Gasteiger partial charge in [-0.05, 0) is 30.3 Å². The van der Waals surface area contributed by atoms with E-state index in [1.807, 2.05) is 30.0 Å². The number of anilines is 1. The van der Waals surface area contributed by atoms with Gasteiger partial charge in [0.1, 0.15) is 18.0 Å². The first-order chi connectivity index (χ1) is 18.1. The van der Waals surface area contributed by atoms with Crippen LogP contribution in [0.1, 0.15) is 5.69 Å². The molecule has 3 aliphatic heterocycles. The number of hydroxylamine groups is 1. The van der Waals surface area contributed by atoms with Crippen LogP contribution in [0.2, 0.25) is 0 Å². The van der Waals surface area contributed by atoms with Gasteiger partial charge >= 0.3 is 6.09 Å². The Morgan fingerprint density at radius 3 is 2.81 bits per heavy atom. The van der Waals surface area contributed by atoms with Gasteiger partial charge in [0.05, 0.1) is 36.4 Å². The lowest BCUT2D eigenvalue weighted by atomic mass is 10.1. The number of benzene rings is 1. The summed E-state index contributed by atoms with van der Waals surface area (Å²) in [6.45, 7) is 3.68. The Labute approximate surface area is 217 Å². The normalized spacial score (nSPS) is 22.1. The van der Waals surface area contributed by atoms with Gasteiger partial charge in [-0.1, -0.05) is 11.3 Å². The van der Waals surface area contributed by atoms with Crippen molar-refractivity contribution in [1.82, 2.24) is 30.4 Å². The Hall–Kier alpha value is -3.48. The number of hydrogen-bond donors (Lipinski definition) is 1. The molecule has 1 N–H and O–H groups in total. The molecule has 2 atom stereocenters. The fourth-order valence-electron chi connectivity index (χ4n) is 4.64. The van der Waals surface area contributed by atoms with Crippen LogP contribution in [0.4, 0.5) is 14.9 Å². The maximum Gasteiger partial charge on any atom is 0.414 e. The number of halogens is 1. The largest absolute Gasteiger partial charge is 0.442 e. The van der Waals surface area contributed by atoms with Crippen LogP contribution in [-0.2, 0) is 16.1 Å². The zero-order valence-electron chi connectivity index (χ0n) is 20.0. The summed E-state index contributed by atoms with van der Waals surface area (Å²) in [5, 5.41) is 7.65. The van der Waals surface area contributed by atoms with Crippen molar-refractivity contribution in [3.63, 3.8) is 0 Å². The van der Waals surface area contributed by atoms with Crippen molar-refractivity contribution in [1.29, 1.82) is 0 Å². The number of nitrogens with zero attached hydrogens (tertiary/aromatic N) is 6. The molecule has 12 heteroatoms. The average molecular weight is 524 g/mol. The van der Waals surface area contributed by atoms with Crippen LogP contribution in [0.15, 0.2) is 55.0 Å². The third-order valence-corrected chi connectivity index (χ3v) is 7.51. The monoisotopic (exact) mass is 523 g/mol. The minimum Gasteiger partial charge on any atom is -0.442 e. The molecule has 0 saturated carbocycles. The number of nitrogens with one attached hydrogen (secondary N) is 1. The predicted molar refractivity (Wildman–Crippen MR) is 137 cm³/mol. The lowest BCUT2D eigenvalue weighted by molar-refractivity contribution is 0.0301. The number of amides is 1. The average Bonchev–Trinajstić information content (AvgIpc) is 3.67. The lowest BCUT2D eigenvalue weighted by Crippen LogP contribution is -2.38. The molecule has 6 rings (SSSR count). The summed E-state index contributed by atoms with van der Waals surface area (Å²) in [5.41, 5.74) is 6.00. The van der Waals surface area contributed by atoms with Crippen molar-refractivity contribution in [2.45, 2.75) is 18.8 Å². The van der Waals surface area contributed by atoms with Crippen LogP contribution < -0.4 is 10.4 Å². The van der Waals surface area contributed by atoms with Gasteiger partial charge in [-0.3, -0.25) is 25.1 Å². The zero-order chi connectivity index (χ0) is 25.2. The number of pyridine rings is 1. The lowest BCUT2D eigenvalue weighted by Gasteiger charge is -2.27. The van der Waals surface area contributed by atoms with Crippen LogP contribution in [0.3, 0.4) is 0 Å². The van der Waals surface area contributed by atoms with Gasteiger partial charge in [0.15, 0.2) is 0 Å². The predicted octanol–water partition coefficient (Wildman–Crippen LogP) is 2.80. The maximum atomic E-state index is 15.1. The van der Waals surface area contributed by atoms with Gasteiger partial charge in [-0.25, -0.2) is 13.9 Å². The van der Waals surface area contributed by atoms with E-state index in [9.17, 15) is 4.79 Å². The number of ether oxygens (including phenoxy) is 1. The van der Waals surface area contributed by atoms with Crippen molar-refractivity contribution in [2.24, 2.45) is 0 Å². The second kappa shape index (κ2) is 10.5. The van der Waals surface area contributed by atoms with Crippen LogP contribution in [0.5, 0.6) is 0 Å². The standard InChI is InChI=1S/C25H26FN7O3S/c26-22-11-18(33-16-20(35-25(33)34)15-32-6-5-28-30-32)2-3-21(22)17-1-4-23(27-13-17)24-12-19(36-29-24)14-31-7-9-37-10-8-31/h1-6,11-13,19-20,29H,7-10,14-16H2/t19-,20-/m0/s1. The van der Waals surface area contributed by atoms with E-state index < -0.39 is 18.0 Å². The summed E-state index contributed by atoms with van der Waals surface area (Å²) in [5.74, 6) is 1.87. The van der Waals surface area contributed by atoms with Gasteiger partial charge in [0.25, 0.3) is 0 Å². The zero-order valence-corrected chi connectivity index (χ0v) is 20.8. The summed E-state index contributed by atoms with van der Waals surface area (Å²) in [6.07, 6.45) is 6.01. The highest BCUT2D eigenvalue weighted by Crippen LogP contribution is 2.30. The van der Waals surface area contributed by atoms with E-state index in [1.165, 1.54) is 11.0 Å². The van der Waals surface area contributed by atoms with Crippen molar-refractivity contribution < 1.29 is 18.8 Å². The Morgan fingerprint density at radius 2 is 2.05 bits per heavy atom. The molecule has 0 radical (unpaired) electrons. The fraction of sp³-hybridized carbons (Fsp3) is 0.360. The second-order valence-electron chi connectivity index (χ2n) is 9.09. The molecular weight excluding hydrogens is 497 g/mol. The number of aromatic nitrogens is 4. The van der Waals surface area contributed by atoms with Gasteiger partial charge < -0.3 is 4.74 Å². The van der Waals surface area contributed by atoms with E-state index in [0.29, 0.717) is 29.9 Å². The van der Waals surface area contributed by atoms with E-state index in [1.54, 1.807) is 35.4 Å². The van der Waals surface area contributed by atoms with Gasteiger partial charge in [0.2, 0.25) is 0 Å². The SMILES string of the molecule is O=C1O[C@@H](Cn2ccnn2)CN1c1ccc(-c2ccc(C3=C[C@@H](CN4CCSCC4)ON3)nc2)c(F)c1. The smallest absolute Gasteiger partial charge is 0.414 e. The number of hydrogen-bond acceptors (Lipinski definition) is 9. The number of carbonyl (C=O) groups excluding carboxylic acids is 1. The third kappa shape index (κ3) is 5.31. The summed E-state index contributed by atoms with van der Waals surface area (Å²) in [4.78, 5) is 26.5. The first-order valence-electron chi connectivity index (χ1n) is 12.1. The van der Waals surface area contributed by atoms with E-state index >= 15 is 4.39 Å². The number of carbonyl (C=O) groups is 1. The van der Waals surface area contributed by atoms with E-state index in [2.05, 4.69) is 25.7 Å². The molecule has 10 nitrogen and oxygen atoms in total. The molecular formula is C25H26FN7O3S. The highest BCUT2D eigenvalue weighted by atomic mass is 32.2. The Balaban J connectivity index is 1.11. The minimum absolute atomic E-state index is 0.0300. The topological polar surface area (TPSA) is 97.6 Å². The van der Waals surface area contributed by atoms with Crippen molar-refractivity contribution in [3.8, 4) is 11.1 Å². The fourth-order valence-corrected chi connectivity index (χ4v) is 5.62. The molecule has 2 saturated heterocycles. The third-order valence-electron chi connectivity index (χ3n) is 6.57. The summed E-state index contributed by atoms with van der Waals surface area (Å²) >= 11 is 1.98. The molecule has 0 unspecified atom stereocenters. The number of cyclic esters (lactones) is 1. The quantitative estimate of drug-likeness (QED) is 0.501. The molecule has 2 aromatic heterocycles. The highest BCUT2D eigenvalue weighted by Gasteiger charge is 2.33. The summed E-state index contributed by atoms with van der Waals surface area (Å²) in [6, 6.07) is 8.39. The molecule has 0 spiro atoms. The number of rotatable bonds is 7. The number of thioether (sulfide) groups is 1. The van der Waals surface area contributed by atoms with Gasteiger partial charge in [0, 0.05) is 54.7 Å². The molecule has 0 aliphatic carbocycles. The van der Waals surface area contributed by atoms with Crippen molar-refractivity contribution in [3.05, 3.63) is 66.5 Å². The molecule has 0 bridgehead atoms. The van der Waals surface area contributed by atoms with Crippen LogP contribution in [-0.4, -0.2) is 80.9 Å². The van der Waals surface area contributed by atoms with E-state index in [-0.39, 0.29) is 6.10 Å². The summed E-state index contributed by atoms with van der Waals surface area (Å²) < 4.78 is 22.1. The summed E-state index contributed by atoms with van der Waals surface area (Å²) in [7, 11) is 0. The van der Waals surface area contributed by atoms with Gasteiger partial charge in [-0.15, -0.1) is 5.10 Å². The van der Waals surface area contributed by atoms with Crippen molar-refractivity contribution >= 4 is 29.2 Å². The van der Waals surface area contributed by atoms with Crippen LogP contribution in [0.25, 0.3) is 16.8 Å². The molecule has 5 heterocycles. The molecule has 1 aromatic carbocycles. The Kier molecular flexibility index (Phi) is 6.77. The van der Waals surface area contributed by atoms with E-state index in [0.717, 1.165) is 42.5 Å². The second-order valence-corrected chi connectivity index (χ2v) is 10.3. The first kappa shape index (κ1) is 23.9.